The first-order chi connectivity index (χ1) is 15.8. The molecule has 1 saturated heterocycles. The maximum absolute atomic E-state index is 12.9. The van der Waals surface area contributed by atoms with Gasteiger partial charge in [0.25, 0.3) is 0 Å². The van der Waals surface area contributed by atoms with Gasteiger partial charge in [0.15, 0.2) is 11.5 Å². The Kier molecular flexibility index (Phi) is 5.42. The number of benzene rings is 2. The average Bonchev–Trinajstić information content (AvgIpc) is 3.47. The SMILES string of the molecule is O=C(Nc1ccc2c(c1)OCO2)C1CCN(C(=O)C2CC2c2ccc(C(F)(F)F)cc2)CC1. The van der Waals surface area contributed by atoms with Crippen LogP contribution in [0.4, 0.5) is 18.9 Å². The van der Waals surface area contributed by atoms with Crippen molar-refractivity contribution in [1.29, 1.82) is 0 Å². The number of fused-ring (bicyclic) bond motifs is 1. The molecule has 2 aliphatic heterocycles. The third-order valence-corrected chi connectivity index (χ3v) is 6.59. The minimum Gasteiger partial charge on any atom is -0.454 e. The number of hydrogen-bond donors (Lipinski definition) is 1. The molecule has 2 amide bonds. The summed E-state index contributed by atoms with van der Waals surface area (Å²) < 4.78 is 48.8. The normalized spacial score (nSPS) is 22.2. The predicted octanol–water partition coefficient (Wildman–Crippen LogP) is 4.41. The largest absolute Gasteiger partial charge is 0.454 e. The zero-order valence-electron chi connectivity index (χ0n) is 17.7. The third kappa shape index (κ3) is 4.49. The van der Waals surface area contributed by atoms with E-state index in [0.717, 1.165) is 17.7 Å². The lowest BCUT2D eigenvalue weighted by Crippen LogP contribution is -2.42. The molecule has 1 saturated carbocycles. The molecule has 2 heterocycles. The highest BCUT2D eigenvalue weighted by Crippen LogP contribution is 2.49. The van der Waals surface area contributed by atoms with Crippen LogP contribution in [0.5, 0.6) is 11.5 Å². The summed E-state index contributed by atoms with van der Waals surface area (Å²) in [7, 11) is 0. The van der Waals surface area contributed by atoms with E-state index in [0.29, 0.717) is 49.5 Å². The summed E-state index contributed by atoms with van der Waals surface area (Å²) in [5.41, 5.74) is 0.718. The van der Waals surface area contributed by atoms with Gasteiger partial charge in [0.2, 0.25) is 18.6 Å². The van der Waals surface area contributed by atoms with E-state index in [4.69, 9.17) is 9.47 Å². The van der Waals surface area contributed by atoms with Crippen LogP contribution >= 0.6 is 0 Å². The van der Waals surface area contributed by atoms with Gasteiger partial charge in [-0.3, -0.25) is 9.59 Å². The number of carbonyl (C=O) groups is 2. The number of hydrogen-bond acceptors (Lipinski definition) is 4. The van der Waals surface area contributed by atoms with Crippen LogP contribution in [0.15, 0.2) is 42.5 Å². The van der Waals surface area contributed by atoms with Crippen molar-refractivity contribution < 1.29 is 32.2 Å². The summed E-state index contributed by atoms with van der Waals surface area (Å²) in [6.45, 7) is 1.16. The lowest BCUT2D eigenvalue weighted by Gasteiger charge is -2.31. The van der Waals surface area contributed by atoms with Gasteiger partial charge in [0.05, 0.1) is 5.56 Å². The van der Waals surface area contributed by atoms with Gasteiger partial charge >= 0.3 is 6.18 Å². The Hall–Kier alpha value is -3.23. The Morgan fingerprint density at radius 1 is 0.970 bits per heavy atom. The van der Waals surface area contributed by atoms with Gasteiger partial charge in [-0.05, 0) is 55.0 Å². The van der Waals surface area contributed by atoms with Gasteiger partial charge in [-0.25, -0.2) is 0 Å². The van der Waals surface area contributed by atoms with E-state index in [1.54, 1.807) is 23.1 Å². The molecule has 6 nitrogen and oxygen atoms in total. The van der Waals surface area contributed by atoms with Crippen LogP contribution in [0.3, 0.4) is 0 Å². The standard InChI is InChI=1S/C24H23F3N2O4/c25-24(26,27)16-3-1-14(2-4-16)18-12-19(18)23(31)29-9-7-15(8-10-29)22(30)28-17-5-6-20-21(11-17)33-13-32-20/h1-6,11,15,18-19H,7-10,12-13H2,(H,28,30). The molecule has 1 N–H and O–H groups in total. The van der Waals surface area contributed by atoms with Crippen molar-refractivity contribution >= 4 is 17.5 Å². The zero-order chi connectivity index (χ0) is 23.2. The van der Waals surface area contributed by atoms with Crippen LogP contribution in [0.25, 0.3) is 0 Å². The summed E-state index contributed by atoms with van der Waals surface area (Å²) in [6.07, 6.45) is -2.58. The predicted molar refractivity (Wildman–Crippen MR) is 113 cm³/mol. The van der Waals surface area contributed by atoms with Crippen LogP contribution in [-0.2, 0) is 15.8 Å². The van der Waals surface area contributed by atoms with Crippen molar-refractivity contribution in [3.63, 3.8) is 0 Å². The number of carbonyl (C=O) groups excluding carboxylic acids is 2. The fourth-order valence-corrected chi connectivity index (χ4v) is 4.57. The van der Waals surface area contributed by atoms with Gasteiger partial charge in [-0.1, -0.05) is 12.1 Å². The zero-order valence-corrected chi connectivity index (χ0v) is 17.7. The van der Waals surface area contributed by atoms with Crippen LogP contribution in [0.1, 0.15) is 36.3 Å². The third-order valence-electron chi connectivity index (χ3n) is 6.59. The summed E-state index contributed by atoms with van der Waals surface area (Å²) in [4.78, 5) is 27.3. The highest BCUT2D eigenvalue weighted by atomic mass is 19.4. The van der Waals surface area contributed by atoms with E-state index in [2.05, 4.69) is 5.32 Å². The quantitative estimate of drug-likeness (QED) is 0.734. The van der Waals surface area contributed by atoms with Gasteiger partial charge in [-0.2, -0.15) is 13.2 Å². The molecule has 5 rings (SSSR count). The maximum Gasteiger partial charge on any atom is 0.416 e. The number of halogens is 3. The number of nitrogens with one attached hydrogen (secondary N) is 1. The summed E-state index contributed by atoms with van der Waals surface area (Å²) >= 11 is 0. The van der Waals surface area contributed by atoms with E-state index in [9.17, 15) is 22.8 Å². The summed E-state index contributed by atoms with van der Waals surface area (Å²) in [6, 6.07) is 10.3. The Balaban J connectivity index is 1.11. The Morgan fingerprint density at radius 2 is 1.67 bits per heavy atom. The molecule has 2 atom stereocenters. The molecule has 1 aliphatic carbocycles. The molecule has 2 unspecified atom stereocenters. The van der Waals surface area contributed by atoms with Crippen molar-refractivity contribution in [1.82, 2.24) is 4.90 Å². The summed E-state index contributed by atoms with van der Waals surface area (Å²) in [5.74, 6) is 0.760. The number of amides is 2. The first-order valence-electron chi connectivity index (χ1n) is 11.0. The Labute approximate surface area is 188 Å². The Bertz CT molecular complexity index is 1060. The van der Waals surface area contributed by atoms with Crippen LogP contribution < -0.4 is 14.8 Å². The van der Waals surface area contributed by atoms with Crippen LogP contribution in [-0.4, -0.2) is 36.6 Å². The van der Waals surface area contributed by atoms with Crippen molar-refractivity contribution in [3.05, 3.63) is 53.6 Å². The number of piperidine rings is 1. The molecule has 2 aromatic rings. The van der Waals surface area contributed by atoms with Gasteiger partial charge in [-0.15, -0.1) is 0 Å². The lowest BCUT2D eigenvalue weighted by molar-refractivity contribution is -0.137. The molecule has 9 heteroatoms. The maximum atomic E-state index is 12.9. The van der Waals surface area contributed by atoms with Gasteiger partial charge in [0.1, 0.15) is 0 Å². The van der Waals surface area contributed by atoms with Gasteiger partial charge in [0, 0.05) is 36.7 Å². The summed E-state index contributed by atoms with van der Waals surface area (Å²) in [5, 5.41) is 2.91. The first-order valence-corrected chi connectivity index (χ1v) is 11.0. The highest BCUT2D eigenvalue weighted by molar-refractivity contribution is 5.93. The molecular weight excluding hydrogens is 437 g/mol. The molecule has 3 aliphatic rings. The van der Waals surface area contributed by atoms with Crippen molar-refractivity contribution in [3.8, 4) is 11.5 Å². The molecule has 2 fully saturated rings. The number of anilines is 1. The van der Waals surface area contributed by atoms with Crippen molar-refractivity contribution in [2.24, 2.45) is 11.8 Å². The molecule has 0 aromatic heterocycles. The fourth-order valence-electron chi connectivity index (χ4n) is 4.57. The average molecular weight is 460 g/mol. The van der Waals surface area contributed by atoms with Crippen LogP contribution in [0.2, 0.25) is 0 Å². The first kappa shape index (κ1) is 21.6. The number of ether oxygens (including phenoxy) is 2. The van der Waals surface area contributed by atoms with E-state index in [1.165, 1.54) is 12.1 Å². The molecular formula is C24H23F3N2O4. The highest BCUT2D eigenvalue weighted by Gasteiger charge is 2.46. The number of alkyl halides is 3. The second kappa shape index (κ2) is 8.28. The monoisotopic (exact) mass is 460 g/mol. The van der Waals surface area contributed by atoms with Crippen LogP contribution in [0, 0.1) is 11.8 Å². The minimum atomic E-state index is -4.36. The molecule has 0 bridgehead atoms. The number of nitrogens with zero attached hydrogens (tertiary/aromatic N) is 1. The number of rotatable bonds is 4. The lowest BCUT2D eigenvalue weighted by atomic mass is 9.95. The second-order valence-corrected chi connectivity index (χ2v) is 8.73. The Morgan fingerprint density at radius 3 is 2.36 bits per heavy atom. The van der Waals surface area contributed by atoms with E-state index in [-0.39, 0.29) is 36.4 Å². The van der Waals surface area contributed by atoms with Gasteiger partial charge < -0.3 is 19.7 Å². The van der Waals surface area contributed by atoms with Crippen molar-refractivity contribution in [2.45, 2.75) is 31.4 Å². The molecule has 2 aromatic carbocycles. The fraction of sp³-hybridized carbons (Fsp3) is 0.417. The molecule has 174 valence electrons. The smallest absolute Gasteiger partial charge is 0.416 e. The van der Waals surface area contributed by atoms with Crippen molar-refractivity contribution in [2.75, 3.05) is 25.2 Å². The number of likely N-dealkylation sites (tertiary alicyclic amines) is 1. The second-order valence-electron chi connectivity index (χ2n) is 8.73. The molecule has 33 heavy (non-hydrogen) atoms. The topological polar surface area (TPSA) is 67.9 Å². The molecule has 0 radical (unpaired) electrons. The molecule has 0 spiro atoms. The van der Waals surface area contributed by atoms with E-state index in [1.807, 2.05) is 0 Å². The minimum absolute atomic E-state index is 0.0227. The van der Waals surface area contributed by atoms with E-state index < -0.39 is 11.7 Å². The van der Waals surface area contributed by atoms with E-state index >= 15 is 0 Å².